The summed E-state index contributed by atoms with van der Waals surface area (Å²) >= 11 is 0. The van der Waals surface area contributed by atoms with Crippen molar-refractivity contribution >= 4 is 5.65 Å². The Kier molecular flexibility index (Phi) is 3.93. The van der Waals surface area contributed by atoms with Gasteiger partial charge in [0.25, 0.3) is 5.56 Å². The zero-order valence-corrected chi connectivity index (χ0v) is 16.4. The van der Waals surface area contributed by atoms with Gasteiger partial charge in [0.1, 0.15) is 5.65 Å². The molecule has 5 heterocycles. The zero-order chi connectivity index (χ0) is 18.8. The summed E-state index contributed by atoms with van der Waals surface area (Å²) in [6, 6.07) is 5.58. The predicted octanol–water partition coefficient (Wildman–Crippen LogP) is 1.54. The fraction of sp³-hybridized carbons (Fsp3) is 0.619. The second kappa shape index (κ2) is 6.12. The van der Waals surface area contributed by atoms with Crippen LogP contribution in [0.5, 0.6) is 0 Å². The van der Waals surface area contributed by atoms with E-state index in [0.29, 0.717) is 17.9 Å². The highest BCUT2D eigenvalue weighted by molar-refractivity contribution is 5.46. The second-order valence-electron chi connectivity index (χ2n) is 8.93. The lowest BCUT2D eigenvalue weighted by Gasteiger charge is -2.31. The Morgan fingerprint density at radius 2 is 2.26 bits per heavy atom. The first-order valence-electron chi connectivity index (χ1n) is 9.98. The van der Waals surface area contributed by atoms with E-state index in [-0.39, 0.29) is 11.2 Å². The number of hydrogen-bond acceptors (Lipinski definition) is 5. The molecule has 5 rings (SSSR count). The van der Waals surface area contributed by atoms with Crippen molar-refractivity contribution in [2.24, 2.45) is 11.8 Å². The van der Waals surface area contributed by atoms with Crippen LogP contribution in [0.3, 0.4) is 0 Å². The Hall–Kier alpha value is -1.76. The van der Waals surface area contributed by atoms with Crippen molar-refractivity contribution in [3.05, 3.63) is 46.0 Å². The smallest absolute Gasteiger partial charge is 0.258 e. The molecule has 6 heteroatoms. The van der Waals surface area contributed by atoms with Crippen molar-refractivity contribution in [2.75, 3.05) is 33.7 Å². The maximum Gasteiger partial charge on any atom is 0.258 e. The van der Waals surface area contributed by atoms with Gasteiger partial charge >= 0.3 is 0 Å². The summed E-state index contributed by atoms with van der Waals surface area (Å²) in [5, 5.41) is 0. The molecule has 27 heavy (non-hydrogen) atoms. The quantitative estimate of drug-likeness (QED) is 0.819. The van der Waals surface area contributed by atoms with E-state index in [4.69, 9.17) is 9.72 Å². The molecule has 0 N–H and O–H groups in total. The van der Waals surface area contributed by atoms with Crippen LogP contribution in [0, 0.1) is 18.8 Å². The van der Waals surface area contributed by atoms with E-state index in [1.165, 1.54) is 12.8 Å². The molecule has 144 valence electrons. The molecule has 2 bridgehead atoms. The van der Waals surface area contributed by atoms with E-state index in [0.717, 1.165) is 43.1 Å². The van der Waals surface area contributed by atoms with Crippen LogP contribution in [0.25, 0.3) is 5.65 Å². The van der Waals surface area contributed by atoms with Gasteiger partial charge in [-0.25, -0.2) is 4.98 Å². The first-order chi connectivity index (χ1) is 12.9. The number of hydrogen-bond donors (Lipinski definition) is 0. The van der Waals surface area contributed by atoms with E-state index >= 15 is 0 Å². The van der Waals surface area contributed by atoms with Crippen molar-refractivity contribution in [3.63, 3.8) is 0 Å². The average Bonchev–Trinajstić information content (AvgIpc) is 3.25. The van der Waals surface area contributed by atoms with Gasteiger partial charge in [0.15, 0.2) is 0 Å². The topological polar surface area (TPSA) is 50.1 Å². The van der Waals surface area contributed by atoms with Crippen molar-refractivity contribution < 1.29 is 4.74 Å². The van der Waals surface area contributed by atoms with E-state index in [1.807, 2.05) is 19.1 Å². The van der Waals surface area contributed by atoms with Gasteiger partial charge in [-0.3, -0.25) is 14.1 Å². The Morgan fingerprint density at radius 1 is 1.41 bits per heavy atom. The minimum Gasteiger partial charge on any atom is -0.370 e. The number of ether oxygens (including phenoxy) is 1. The minimum absolute atomic E-state index is 0.00100. The minimum atomic E-state index is -0.00100. The lowest BCUT2D eigenvalue weighted by atomic mass is 9.73. The summed E-state index contributed by atoms with van der Waals surface area (Å²) in [6.45, 7) is 5.83. The van der Waals surface area contributed by atoms with Crippen molar-refractivity contribution in [3.8, 4) is 0 Å². The summed E-state index contributed by atoms with van der Waals surface area (Å²) < 4.78 is 8.16. The molecule has 3 aliphatic heterocycles. The molecule has 0 amide bonds. The van der Waals surface area contributed by atoms with Crippen LogP contribution in [-0.2, 0) is 11.3 Å². The molecule has 0 radical (unpaired) electrons. The van der Waals surface area contributed by atoms with Gasteiger partial charge < -0.3 is 9.64 Å². The standard InChI is InChI=1S/C21H28N4O2/c1-14-5-4-8-25-19(26)9-15(22-20(14)25)10-24-12-17-16(11-23(2)3)18-6-7-21(17,13-24)27-18/h4-5,8-9,16-18H,6-7,10-13H2,1-3H3/t16-,17+,18+,21+/m0/s1. The average molecular weight is 368 g/mol. The molecule has 3 aliphatic rings. The molecule has 0 aliphatic carbocycles. The third kappa shape index (κ3) is 2.73. The number of aromatic nitrogens is 2. The number of nitrogens with zero attached hydrogens (tertiary/aromatic N) is 4. The molecular weight excluding hydrogens is 340 g/mol. The van der Waals surface area contributed by atoms with Crippen molar-refractivity contribution in [1.82, 2.24) is 19.2 Å². The van der Waals surface area contributed by atoms with Gasteiger partial charge in [-0.2, -0.15) is 0 Å². The number of likely N-dealkylation sites (tertiary alicyclic amines) is 1. The van der Waals surface area contributed by atoms with Crippen LogP contribution in [0.4, 0.5) is 0 Å². The fourth-order valence-corrected chi connectivity index (χ4v) is 5.69. The van der Waals surface area contributed by atoms with Gasteiger partial charge in [0.05, 0.1) is 17.4 Å². The fourth-order valence-electron chi connectivity index (χ4n) is 5.69. The summed E-state index contributed by atoms with van der Waals surface area (Å²) in [5.74, 6) is 1.22. The molecule has 1 spiro atoms. The van der Waals surface area contributed by atoms with Crippen LogP contribution < -0.4 is 5.56 Å². The van der Waals surface area contributed by atoms with E-state index in [1.54, 1.807) is 16.7 Å². The van der Waals surface area contributed by atoms with Gasteiger partial charge in [0, 0.05) is 50.3 Å². The number of aryl methyl sites for hydroxylation is 1. The number of fused-ring (bicyclic) bond motifs is 2. The van der Waals surface area contributed by atoms with Crippen molar-refractivity contribution in [1.29, 1.82) is 0 Å². The van der Waals surface area contributed by atoms with Crippen LogP contribution in [0.2, 0.25) is 0 Å². The van der Waals surface area contributed by atoms with Crippen LogP contribution in [-0.4, -0.2) is 64.6 Å². The Labute approximate surface area is 159 Å². The highest BCUT2D eigenvalue weighted by Gasteiger charge is 2.62. The lowest BCUT2D eigenvalue weighted by Crippen LogP contribution is -2.40. The Morgan fingerprint density at radius 3 is 3.07 bits per heavy atom. The van der Waals surface area contributed by atoms with Gasteiger partial charge in [-0.15, -0.1) is 0 Å². The lowest BCUT2D eigenvalue weighted by molar-refractivity contribution is 0.00136. The van der Waals surface area contributed by atoms with E-state index in [2.05, 4.69) is 23.9 Å². The first-order valence-corrected chi connectivity index (χ1v) is 9.98. The molecule has 0 saturated carbocycles. The van der Waals surface area contributed by atoms with Crippen LogP contribution >= 0.6 is 0 Å². The van der Waals surface area contributed by atoms with E-state index < -0.39 is 0 Å². The maximum absolute atomic E-state index is 12.5. The Balaban J connectivity index is 1.40. The highest BCUT2D eigenvalue weighted by atomic mass is 16.5. The third-order valence-corrected chi connectivity index (χ3v) is 6.76. The highest BCUT2D eigenvalue weighted by Crippen LogP contribution is 2.55. The van der Waals surface area contributed by atoms with Crippen LogP contribution in [0.1, 0.15) is 24.1 Å². The second-order valence-corrected chi connectivity index (χ2v) is 8.93. The monoisotopic (exact) mass is 368 g/mol. The van der Waals surface area contributed by atoms with Gasteiger partial charge in [-0.1, -0.05) is 6.07 Å². The van der Waals surface area contributed by atoms with Crippen molar-refractivity contribution in [2.45, 2.75) is 38.0 Å². The SMILES string of the molecule is Cc1cccn2c(=O)cc(CN3C[C@@H]4[C@H](CN(C)C)[C@H]5CC[C@]4(C3)O5)nc12. The summed E-state index contributed by atoms with van der Waals surface area (Å²) in [5.41, 5.74) is 2.69. The summed E-state index contributed by atoms with van der Waals surface area (Å²) in [6.07, 6.45) is 4.59. The molecule has 2 aromatic heterocycles. The molecule has 6 nitrogen and oxygen atoms in total. The molecule has 0 unspecified atom stereocenters. The molecule has 3 fully saturated rings. The first kappa shape index (κ1) is 17.3. The summed E-state index contributed by atoms with van der Waals surface area (Å²) in [7, 11) is 4.31. The van der Waals surface area contributed by atoms with Gasteiger partial charge in [-0.05, 0) is 45.5 Å². The number of pyridine rings is 1. The molecule has 4 atom stereocenters. The van der Waals surface area contributed by atoms with Gasteiger partial charge in [0.2, 0.25) is 0 Å². The predicted molar refractivity (Wildman–Crippen MR) is 104 cm³/mol. The normalized spacial score (nSPS) is 32.7. The zero-order valence-electron chi connectivity index (χ0n) is 16.4. The number of rotatable bonds is 4. The molecule has 2 aromatic rings. The molecule has 3 saturated heterocycles. The molecular formula is C21H28N4O2. The van der Waals surface area contributed by atoms with E-state index in [9.17, 15) is 4.79 Å². The third-order valence-electron chi connectivity index (χ3n) is 6.76. The van der Waals surface area contributed by atoms with Crippen LogP contribution in [0.15, 0.2) is 29.2 Å². The maximum atomic E-state index is 12.5. The Bertz CT molecular complexity index is 939. The largest absolute Gasteiger partial charge is 0.370 e. The molecule has 0 aromatic carbocycles. The summed E-state index contributed by atoms with van der Waals surface area (Å²) in [4.78, 5) is 22.0.